The first-order chi connectivity index (χ1) is 21.4. The topological polar surface area (TPSA) is 102 Å². The number of carbonyl (C=O) groups is 2. The van der Waals surface area contributed by atoms with Crippen LogP contribution in [-0.4, -0.2) is 49.9 Å². The summed E-state index contributed by atoms with van der Waals surface area (Å²) in [6.07, 6.45) is 2.96. The number of methoxy groups -OCH3 is 2. The molecule has 6 rings (SSSR count). The van der Waals surface area contributed by atoms with Crippen molar-refractivity contribution in [3.05, 3.63) is 106 Å². The average molecular weight is 611 g/mol. The number of anilines is 3. The van der Waals surface area contributed by atoms with Gasteiger partial charge in [-0.05, 0) is 67.1 Å². The first-order valence-electron chi connectivity index (χ1n) is 14.4. The Hall–Kier alpha value is -4.70. The lowest BCUT2D eigenvalue weighted by Gasteiger charge is -2.44. The van der Waals surface area contributed by atoms with Crippen LogP contribution in [0.4, 0.5) is 17.1 Å². The molecule has 0 aliphatic carbocycles. The summed E-state index contributed by atoms with van der Waals surface area (Å²) in [5.41, 5.74) is 3.91. The van der Waals surface area contributed by atoms with E-state index in [-0.39, 0.29) is 29.2 Å². The van der Waals surface area contributed by atoms with Gasteiger partial charge in [-0.25, -0.2) is 0 Å². The van der Waals surface area contributed by atoms with Gasteiger partial charge in [-0.1, -0.05) is 18.2 Å². The highest BCUT2D eigenvalue weighted by Crippen LogP contribution is 2.40. The van der Waals surface area contributed by atoms with Gasteiger partial charge in [-0.3, -0.25) is 14.4 Å². The quantitative estimate of drug-likeness (QED) is 0.246. The number of nitrogens with one attached hydrogen (secondary N) is 2. The van der Waals surface area contributed by atoms with E-state index in [0.717, 1.165) is 34.9 Å². The molecule has 44 heavy (non-hydrogen) atoms. The Morgan fingerprint density at radius 1 is 0.795 bits per heavy atom. The predicted molar refractivity (Wildman–Crippen MR) is 174 cm³/mol. The van der Waals surface area contributed by atoms with Gasteiger partial charge in [0.1, 0.15) is 11.5 Å². The maximum Gasteiger partial charge on any atom is 0.255 e. The minimum absolute atomic E-state index is 0.0331. The highest BCUT2D eigenvalue weighted by atomic mass is 32.2. The van der Waals surface area contributed by atoms with Crippen molar-refractivity contribution >= 4 is 40.6 Å². The van der Waals surface area contributed by atoms with Gasteiger partial charge < -0.3 is 29.6 Å². The van der Waals surface area contributed by atoms with Crippen LogP contribution in [0, 0.1) is 5.92 Å². The number of fused-ring (bicyclic) bond motifs is 4. The molecule has 2 atom stereocenters. The van der Waals surface area contributed by atoms with Gasteiger partial charge in [0.05, 0.1) is 31.3 Å². The van der Waals surface area contributed by atoms with Gasteiger partial charge >= 0.3 is 0 Å². The van der Waals surface area contributed by atoms with Crippen molar-refractivity contribution in [2.24, 2.45) is 5.92 Å². The molecule has 0 saturated carbocycles. The van der Waals surface area contributed by atoms with Crippen LogP contribution in [0.5, 0.6) is 11.5 Å². The third-order valence-electron chi connectivity index (χ3n) is 8.30. The largest absolute Gasteiger partial charge is 0.497 e. The van der Waals surface area contributed by atoms with Crippen LogP contribution in [-0.2, 0) is 6.54 Å². The molecule has 2 aliphatic rings. The van der Waals surface area contributed by atoms with Crippen LogP contribution in [0.15, 0.2) is 88.6 Å². The second-order valence-electron chi connectivity index (χ2n) is 11.0. The SMILES string of the molecule is COc1cc(OC)cc(C(=O)Nc2cc(C(=O)Nc3ccccc3SC)ccc2N2CC3CC(C2)c2cccc(=O)n2C3)c1. The van der Waals surface area contributed by atoms with Crippen molar-refractivity contribution in [3.63, 3.8) is 0 Å². The number of amides is 2. The second-order valence-corrected chi connectivity index (χ2v) is 11.9. The van der Waals surface area contributed by atoms with Crippen LogP contribution in [0.1, 0.15) is 38.7 Å². The standard InChI is InChI=1S/C34H34N4O5S/c1-42-25-14-23(15-26(17-25)43-2)34(41)36-28-16-22(33(40)35-27-7-4-5-9-31(27)44-3)11-12-30(28)37-18-21-13-24(20-37)29-8-6-10-32(39)38(29)19-21/h4-12,14-17,21,24H,13,18-20H2,1-3H3,(H,35,40)(H,36,41). The summed E-state index contributed by atoms with van der Waals surface area (Å²) in [5.74, 6) is 0.802. The molecule has 226 valence electrons. The van der Waals surface area contributed by atoms with Crippen molar-refractivity contribution < 1.29 is 19.1 Å². The Labute approximate surface area is 260 Å². The van der Waals surface area contributed by atoms with Gasteiger partial charge in [0.25, 0.3) is 17.4 Å². The fourth-order valence-electron chi connectivity index (χ4n) is 6.22. The second kappa shape index (κ2) is 12.5. The molecule has 10 heteroatoms. The number of thioether (sulfide) groups is 1. The van der Waals surface area contributed by atoms with E-state index in [1.54, 1.807) is 48.2 Å². The van der Waals surface area contributed by atoms with E-state index in [1.165, 1.54) is 14.2 Å². The Kier molecular flexibility index (Phi) is 8.34. The number of pyridine rings is 1. The van der Waals surface area contributed by atoms with Gasteiger partial charge in [-0.15, -0.1) is 11.8 Å². The zero-order valence-corrected chi connectivity index (χ0v) is 25.6. The smallest absolute Gasteiger partial charge is 0.255 e. The molecule has 3 heterocycles. The van der Waals surface area contributed by atoms with Crippen LogP contribution < -0.4 is 30.6 Å². The predicted octanol–water partition coefficient (Wildman–Crippen LogP) is 5.72. The molecule has 2 unspecified atom stereocenters. The maximum atomic E-state index is 13.7. The Bertz CT molecular complexity index is 1770. The number of hydrogen-bond acceptors (Lipinski definition) is 7. The summed E-state index contributed by atoms with van der Waals surface area (Å²) in [6.45, 7) is 2.06. The summed E-state index contributed by atoms with van der Waals surface area (Å²) in [5, 5.41) is 6.09. The van der Waals surface area contributed by atoms with E-state index in [1.807, 2.05) is 53.3 Å². The van der Waals surface area contributed by atoms with E-state index in [0.29, 0.717) is 41.4 Å². The first-order valence-corrected chi connectivity index (χ1v) is 15.7. The van der Waals surface area contributed by atoms with Crippen molar-refractivity contribution in [2.45, 2.75) is 23.8 Å². The Balaban J connectivity index is 1.35. The molecule has 1 saturated heterocycles. The number of ether oxygens (including phenoxy) is 2. The monoisotopic (exact) mass is 610 g/mol. The van der Waals surface area contributed by atoms with Crippen molar-refractivity contribution in [2.75, 3.05) is 49.1 Å². The third-order valence-corrected chi connectivity index (χ3v) is 9.09. The maximum absolute atomic E-state index is 13.7. The van der Waals surface area contributed by atoms with Gasteiger partial charge in [0.2, 0.25) is 0 Å². The molecule has 2 amide bonds. The van der Waals surface area contributed by atoms with Crippen LogP contribution in [0.25, 0.3) is 0 Å². The molecule has 1 aromatic heterocycles. The number of nitrogens with zero attached hydrogens (tertiary/aromatic N) is 2. The lowest BCUT2D eigenvalue weighted by molar-refractivity contribution is 0.101. The zero-order valence-electron chi connectivity index (χ0n) is 24.8. The van der Waals surface area contributed by atoms with Crippen LogP contribution in [0.3, 0.4) is 0 Å². The first kappa shape index (κ1) is 29.4. The summed E-state index contributed by atoms with van der Waals surface area (Å²) < 4.78 is 12.6. The molecule has 2 aliphatic heterocycles. The van der Waals surface area contributed by atoms with Crippen molar-refractivity contribution in [1.29, 1.82) is 0 Å². The summed E-state index contributed by atoms with van der Waals surface area (Å²) in [6, 6.07) is 23.5. The molecule has 2 bridgehead atoms. The van der Waals surface area contributed by atoms with E-state index >= 15 is 0 Å². The molecule has 9 nitrogen and oxygen atoms in total. The number of para-hydroxylation sites is 1. The molecule has 0 radical (unpaired) electrons. The van der Waals surface area contributed by atoms with E-state index in [2.05, 4.69) is 15.5 Å². The Morgan fingerprint density at radius 3 is 2.27 bits per heavy atom. The number of rotatable bonds is 8. The highest BCUT2D eigenvalue weighted by Gasteiger charge is 2.35. The third kappa shape index (κ3) is 5.90. The number of carbonyl (C=O) groups excluding carboxylic acids is 2. The normalized spacial score (nSPS) is 16.9. The van der Waals surface area contributed by atoms with E-state index < -0.39 is 0 Å². The number of aromatic nitrogens is 1. The summed E-state index contributed by atoms with van der Waals surface area (Å²) in [4.78, 5) is 42.9. The van der Waals surface area contributed by atoms with Crippen LogP contribution in [0.2, 0.25) is 0 Å². The number of hydrogen-bond donors (Lipinski definition) is 2. The Morgan fingerprint density at radius 2 is 1.52 bits per heavy atom. The highest BCUT2D eigenvalue weighted by molar-refractivity contribution is 7.98. The molecule has 0 spiro atoms. The van der Waals surface area contributed by atoms with Crippen LogP contribution >= 0.6 is 11.8 Å². The minimum atomic E-state index is -0.358. The van der Waals surface area contributed by atoms with Gasteiger partial charge in [-0.2, -0.15) is 0 Å². The molecular formula is C34H34N4O5S. The van der Waals surface area contributed by atoms with Gasteiger partial charge in [0.15, 0.2) is 0 Å². The molecule has 3 aromatic carbocycles. The lowest BCUT2D eigenvalue weighted by atomic mass is 9.83. The van der Waals surface area contributed by atoms with E-state index in [4.69, 9.17) is 9.47 Å². The van der Waals surface area contributed by atoms with Gasteiger partial charge in [0, 0.05) is 59.4 Å². The summed E-state index contributed by atoms with van der Waals surface area (Å²) in [7, 11) is 3.07. The molecule has 4 aromatic rings. The molecular weight excluding hydrogens is 576 g/mol. The summed E-state index contributed by atoms with van der Waals surface area (Å²) >= 11 is 1.55. The number of benzene rings is 3. The van der Waals surface area contributed by atoms with Crippen molar-refractivity contribution in [3.8, 4) is 11.5 Å². The lowest BCUT2D eigenvalue weighted by Crippen LogP contribution is -2.47. The fraction of sp³-hybridized carbons (Fsp3) is 0.265. The minimum Gasteiger partial charge on any atom is -0.497 e. The average Bonchev–Trinajstić information content (AvgIpc) is 3.05. The molecule has 2 N–H and O–H groups in total. The fourth-order valence-corrected chi connectivity index (χ4v) is 6.78. The zero-order chi connectivity index (χ0) is 30.8. The number of piperidine rings is 1. The van der Waals surface area contributed by atoms with Crippen molar-refractivity contribution in [1.82, 2.24) is 4.57 Å². The van der Waals surface area contributed by atoms with E-state index in [9.17, 15) is 14.4 Å². The molecule has 1 fully saturated rings.